The van der Waals surface area contributed by atoms with Gasteiger partial charge in [-0.15, -0.1) is 11.8 Å². The van der Waals surface area contributed by atoms with Crippen LogP contribution in [0.15, 0.2) is 23.1 Å². The lowest BCUT2D eigenvalue weighted by Crippen LogP contribution is -2.39. The van der Waals surface area contributed by atoms with Gasteiger partial charge in [0.25, 0.3) is 0 Å². The fraction of sp³-hybridized carbons (Fsp3) is 0.625. The van der Waals surface area contributed by atoms with Gasteiger partial charge in [0.05, 0.1) is 0 Å². The maximum absolute atomic E-state index is 6.17. The van der Waals surface area contributed by atoms with Crippen molar-refractivity contribution in [2.75, 3.05) is 25.4 Å². The van der Waals surface area contributed by atoms with Crippen molar-refractivity contribution in [3.05, 3.63) is 28.8 Å². The van der Waals surface area contributed by atoms with Crippen LogP contribution in [0, 0.1) is 0 Å². The van der Waals surface area contributed by atoms with Gasteiger partial charge in [-0.25, -0.2) is 0 Å². The maximum atomic E-state index is 6.17. The summed E-state index contributed by atoms with van der Waals surface area (Å²) in [5.74, 6) is 1.20. The molecule has 0 aliphatic carbocycles. The van der Waals surface area contributed by atoms with E-state index in [-0.39, 0.29) is 0 Å². The molecule has 2 nitrogen and oxygen atoms in total. The molecule has 4 heteroatoms. The van der Waals surface area contributed by atoms with Crippen LogP contribution in [0.3, 0.4) is 0 Å². The summed E-state index contributed by atoms with van der Waals surface area (Å²) in [6.07, 6.45) is 3.89. The second-order valence-corrected chi connectivity index (χ2v) is 7.28. The predicted molar refractivity (Wildman–Crippen MR) is 87.8 cm³/mol. The number of nitrogens with zero attached hydrogens (tertiary/aromatic N) is 1. The van der Waals surface area contributed by atoms with Crippen LogP contribution in [0.25, 0.3) is 0 Å². The Morgan fingerprint density at radius 2 is 2.30 bits per heavy atom. The van der Waals surface area contributed by atoms with Crippen molar-refractivity contribution in [2.45, 2.75) is 43.2 Å². The smallest absolute Gasteiger partial charge is 0.0410 e. The zero-order chi connectivity index (χ0) is 13.9. The lowest BCUT2D eigenvalue weighted by Gasteiger charge is -2.29. The molecule has 1 fully saturated rings. The molecule has 0 saturated carbocycles. The molecule has 2 heterocycles. The standard InChI is InChI=1S/C16H23ClN2S/c1-2-19-8-3-4-13(19)11-18-15-7-9-20-16-6-5-12(17)10-14(15)16/h5-6,10,13,15,18H,2-4,7-9,11H2,1H3. The Hall–Kier alpha value is -0.220. The molecule has 20 heavy (non-hydrogen) atoms. The summed E-state index contributed by atoms with van der Waals surface area (Å²) in [5.41, 5.74) is 1.40. The van der Waals surface area contributed by atoms with Crippen LogP contribution in [0.2, 0.25) is 5.02 Å². The van der Waals surface area contributed by atoms with E-state index in [2.05, 4.69) is 29.3 Å². The normalized spacial score (nSPS) is 26.7. The van der Waals surface area contributed by atoms with Crippen LogP contribution < -0.4 is 5.32 Å². The molecular formula is C16H23ClN2S. The van der Waals surface area contributed by atoms with E-state index in [1.165, 1.54) is 48.6 Å². The summed E-state index contributed by atoms with van der Waals surface area (Å²) >= 11 is 8.12. The van der Waals surface area contributed by atoms with Crippen LogP contribution >= 0.6 is 23.4 Å². The minimum atomic E-state index is 0.476. The first kappa shape index (κ1) is 14.7. The molecule has 0 aromatic heterocycles. The van der Waals surface area contributed by atoms with Gasteiger partial charge >= 0.3 is 0 Å². The van der Waals surface area contributed by atoms with Crippen molar-refractivity contribution in [3.63, 3.8) is 0 Å². The van der Waals surface area contributed by atoms with E-state index < -0.39 is 0 Å². The lowest BCUT2D eigenvalue weighted by atomic mass is 10.0. The third-order valence-electron chi connectivity index (χ3n) is 4.52. The maximum Gasteiger partial charge on any atom is 0.0410 e. The molecule has 2 unspecified atom stereocenters. The fourth-order valence-electron chi connectivity index (χ4n) is 3.40. The number of benzene rings is 1. The molecule has 2 aliphatic rings. The van der Waals surface area contributed by atoms with Gasteiger partial charge in [-0.2, -0.15) is 0 Å². The summed E-state index contributed by atoms with van der Waals surface area (Å²) in [7, 11) is 0. The van der Waals surface area contributed by atoms with E-state index in [9.17, 15) is 0 Å². The molecular weight excluding hydrogens is 288 g/mol. The summed E-state index contributed by atoms with van der Waals surface area (Å²) in [5, 5.41) is 4.65. The predicted octanol–water partition coefficient (Wildman–Crippen LogP) is 3.95. The van der Waals surface area contributed by atoms with Crippen LogP contribution in [0.5, 0.6) is 0 Å². The molecule has 0 amide bonds. The summed E-state index contributed by atoms with van der Waals surface area (Å²) in [6, 6.07) is 7.52. The second kappa shape index (κ2) is 6.69. The largest absolute Gasteiger partial charge is 0.308 e. The number of fused-ring (bicyclic) bond motifs is 1. The highest BCUT2D eigenvalue weighted by Crippen LogP contribution is 2.37. The molecule has 110 valence electrons. The summed E-state index contributed by atoms with van der Waals surface area (Å²) < 4.78 is 0. The van der Waals surface area contributed by atoms with Gasteiger partial charge in [0.1, 0.15) is 0 Å². The highest BCUT2D eigenvalue weighted by Gasteiger charge is 2.26. The number of hydrogen-bond donors (Lipinski definition) is 1. The zero-order valence-electron chi connectivity index (χ0n) is 12.1. The van der Waals surface area contributed by atoms with E-state index in [0.29, 0.717) is 6.04 Å². The molecule has 0 bridgehead atoms. The van der Waals surface area contributed by atoms with Crippen molar-refractivity contribution in [2.24, 2.45) is 0 Å². The van der Waals surface area contributed by atoms with Gasteiger partial charge in [-0.3, -0.25) is 4.90 Å². The van der Waals surface area contributed by atoms with E-state index >= 15 is 0 Å². The molecule has 2 aliphatic heterocycles. The number of hydrogen-bond acceptors (Lipinski definition) is 3. The average Bonchev–Trinajstić information content (AvgIpc) is 2.92. The first-order valence-corrected chi connectivity index (χ1v) is 9.04. The lowest BCUT2D eigenvalue weighted by molar-refractivity contribution is 0.252. The van der Waals surface area contributed by atoms with Crippen molar-refractivity contribution < 1.29 is 0 Å². The zero-order valence-corrected chi connectivity index (χ0v) is 13.6. The topological polar surface area (TPSA) is 15.3 Å². The molecule has 1 saturated heterocycles. The number of likely N-dealkylation sites (tertiary alicyclic amines) is 1. The quantitative estimate of drug-likeness (QED) is 0.906. The molecule has 1 aromatic carbocycles. The molecule has 3 rings (SSSR count). The number of halogens is 1. The van der Waals surface area contributed by atoms with Crippen LogP contribution in [0.1, 0.15) is 37.8 Å². The van der Waals surface area contributed by atoms with E-state index in [1.54, 1.807) is 0 Å². The summed E-state index contributed by atoms with van der Waals surface area (Å²) in [6.45, 7) is 5.82. The Morgan fingerprint density at radius 3 is 3.15 bits per heavy atom. The SMILES string of the molecule is CCN1CCCC1CNC1CCSc2ccc(Cl)cc21. The van der Waals surface area contributed by atoms with E-state index in [0.717, 1.165) is 17.6 Å². The molecule has 1 N–H and O–H groups in total. The van der Waals surface area contributed by atoms with Gasteiger partial charge in [0.2, 0.25) is 0 Å². The Labute approximate surface area is 131 Å². The third-order valence-corrected chi connectivity index (χ3v) is 5.87. The molecule has 0 radical (unpaired) electrons. The first-order chi connectivity index (χ1) is 9.78. The van der Waals surface area contributed by atoms with Crippen molar-refractivity contribution in [3.8, 4) is 0 Å². The van der Waals surface area contributed by atoms with E-state index in [1.807, 2.05) is 17.8 Å². The second-order valence-electron chi connectivity index (χ2n) is 5.70. The van der Waals surface area contributed by atoms with Gasteiger partial charge in [-0.05, 0) is 61.9 Å². The van der Waals surface area contributed by atoms with E-state index in [4.69, 9.17) is 11.6 Å². The van der Waals surface area contributed by atoms with Crippen molar-refractivity contribution in [1.29, 1.82) is 0 Å². The summed E-state index contributed by atoms with van der Waals surface area (Å²) in [4.78, 5) is 4.00. The minimum absolute atomic E-state index is 0.476. The molecule has 0 spiro atoms. The Bertz CT molecular complexity index is 466. The number of nitrogens with one attached hydrogen (secondary N) is 1. The minimum Gasteiger partial charge on any atom is -0.308 e. The first-order valence-electron chi connectivity index (χ1n) is 7.67. The van der Waals surface area contributed by atoms with Crippen LogP contribution in [-0.2, 0) is 0 Å². The third kappa shape index (κ3) is 3.16. The fourth-order valence-corrected chi connectivity index (χ4v) is 4.68. The van der Waals surface area contributed by atoms with Gasteiger partial charge < -0.3 is 5.32 Å². The highest BCUT2D eigenvalue weighted by molar-refractivity contribution is 7.99. The van der Waals surface area contributed by atoms with Gasteiger partial charge in [-0.1, -0.05) is 18.5 Å². The number of thioether (sulfide) groups is 1. The van der Waals surface area contributed by atoms with Crippen molar-refractivity contribution >= 4 is 23.4 Å². The van der Waals surface area contributed by atoms with Crippen molar-refractivity contribution in [1.82, 2.24) is 10.2 Å². The number of rotatable bonds is 4. The van der Waals surface area contributed by atoms with Gasteiger partial charge in [0.15, 0.2) is 0 Å². The van der Waals surface area contributed by atoms with Gasteiger partial charge in [0, 0.05) is 28.5 Å². The van der Waals surface area contributed by atoms with Crippen LogP contribution in [0.4, 0.5) is 0 Å². The monoisotopic (exact) mass is 310 g/mol. The Balaban J connectivity index is 1.66. The molecule has 2 atom stereocenters. The highest BCUT2D eigenvalue weighted by atomic mass is 35.5. The average molecular weight is 311 g/mol. The Kier molecular flexibility index (Phi) is 4.92. The van der Waals surface area contributed by atoms with Crippen LogP contribution in [-0.4, -0.2) is 36.3 Å². The molecule has 1 aromatic rings. The Morgan fingerprint density at radius 1 is 1.40 bits per heavy atom. The number of likely N-dealkylation sites (N-methyl/N-ethyl adjacent to an activating group) is 1.